The van der Waals surface area contributed by atoms with Gasteiger partial charge in [0.1, 0.15) is 5.65 Å². The predicted octanol–water partition coefficient (Wildman–Crippen LogP) is 3.21. The van der Waals surface area contributed by atoms with Crippen LogP contribution in [0.2, 0.25) is 0 Å². The Morgan fingerprint density at radius 1 is 1.14 bits per heavy atom. The van der Waals surface area contributed by atoms with Gasteiger partial charge in [-0.1, -0.05) is 36.4 Å². The van der Waals surface area contributed by atoms with Crippen LogP contribution in [-0.4, -0.2) is 22.5 Å². The average molecular weight is 294 g/mol. The van der Waals surface area contributed by atoms with E-state index in [1.807, 2.05) is 41.8 Å². The van der Waals surface area contributed by atoms with Crippen molar-refractivity contribution in [3.63, 3.8) is 0 Å². The molecule has 0 radical (unpaired) electrons. The van der Waals surface area contributed by atoms with Gasteiger partial charge in [0.05, 0.1) is 12.8 Å². The molecule has 0 atom stereocenters. The van der Waals surface area contributed by atoms with E-state index in [9.17, 15) is 4.79 Å². The molecule has 0 unspecified atom stereocenters. The number of methoxy groups -OCH3 is 1. The number of carbonyl (C=O) groups is 1. The Labute approximate surface area is 129 Å². The van der Waals surface area contributed by atoms with Gasteiger partial charge in [-0.15, -0.1) is 0 Å². The number of rotatable bonds is 4. The molecule has 0 fully saturated rings. The molecule has 3 aromatic rings. The fraction of sp³-hybridized carbons (Fsp3) is 0.222. The minimum Gasteiger partial charge on any atom is -0.464 e. The average Bonchev–Trinajstić information content (AvgIpc) is 2.89. The molecule has 0 saturated heterocycles. The normalized spacial score (nSPS) is 10.8. The summed E-state index contributed by atoms with van der Waals surface area (Å²) in [5, 5.41) is 0. The first-order valence-corrected chi connectivity index (χ1v) is 7.29. The lowest BCUT2D eigenvalue weighted by molar-refractivity contribution is 0.0592. The molecule has 0 amide bonds. The minimum atomic E-state index is -0.356. The van der Waals surface area contributed by atoms with Crippen molar-refractivity contribution in [2.45, 2.75) is 19.8 Å². The number of nitrogens with zero attached hydrogens (tertiary/aromatic N) is 2. The van der Waals surface area contributed by atoms with Crippen LogP contribution < -0.4 is 0 Å². The molecule has 0 aliphatic rings. The van der Waals surface area contributed by atoms with Crippen LogP contribution in [0.15, 0.2) is 48.7 Å². The highest BCUT2D eigenvalue weighted by Crippen LogP contribution is 2.18. The van der Waals surface area contributed by atoms with Crippen molar-refractivity contribution in [2.24, 2.45) is 0 Å². The van der Waals surface area contributed by atoms with Crippen LogP contribution in [-0.2, 0) is 17.6 Å². The van der Waals surface area contributed by atoms with Crippen molar-refractivity contribution in [1.82, 2.24) is 9.38 Å². The van der Waals surface area contributed by atoms with Crippen LogP contribution in [0, 0.1) is 6.92 Å². The van der Waals surface area contributed by atoms with Crippen molar-refractivity contribution < 1.29 is 9.53 Å². The van der Waals surface area contributed by atoms with Gasteiger partial charge >= 0.3 is 5.97 Å². The van der Waals surface area contributed by atoms with E-state index in [0.717, 1.165) is 24.1 Å². The molecule has 3 rings (SSSR count). The van der Waals surface area contributed by atoms with Gasteiger partial charge in [0.25, 0.3) is 0 Å². The standard InChI is InChI=1S/C18H18N2O2/c1-13-16(18(21)22-2)20-12-6-9-15(17(20)19-13)11-10-14-7-4-3-5-8-14/h3-9,12H,10-11H2,1-2H3. The summed E-state index contributed by atoms with van der Waals surface area (Å²) in [5.41, 5.74) is 4.44. The molecule has 0 saturated carbocycles. The Morgan fingerprint density at radius 3 is 2.64 bits per heavy atom. The predicted molar refractivity (Wildman–Crippen MR) is 85.1 cm³/mol. The fourth-order valence-electron chi connectivity index (χ4n) is 2.70. The smallest absolute Gasteiger partial charge is 0.356 e. The second-order valence-corrected chi connectivity index (χ2v) is 5.25. The van der Waals surface area contributed by atoms with Gasteiger partial charge in [-0.2, -0.15) is 0 Å². The maximum atomic E-state index is 11.9. The zero-order chi connectivity index (χ0) is 15.5. The summed E-state index contributed by atoms with van der Waals surface area (Å²) < 4.78 is 6.67. The lowest BCUT2D eigenvalue weighted by atomic mass is 10.1. The zero-order valence-corrected chi connectivity index (χ0v) is 12.7. The Kier molecular flexibility index (Phi) is 3.92. The van der Waals surface area contributed by atoms with Crippen LogP contribution in [0.25, 0.3) is 5.65 Å². The van der Waals surface area contributed by atoms with Crippen molar-refractivity contribution in [2.75, 3.05) is 7.11 Å². The van der Waals surface area contributed by atoms with E-state index in [-0.39, 0.29) is 5.97 Å². The first kappa shape index (κ1) is 14.3. The number of benzene rings is 1. The number of fused-ring (bicyclic) bond motifs is 1. The third-order valence-electron chi connectivity index (χ3n) is 3.81. The molecule has 1 aromatic carbocycles. The minimum absolute atomic E-state index is 0.356. The van der Waals surface area contributed by atoms with Gasteiger partial charge in [-0.05, 0) is 37.0 Å². The van der Waals surface area contributed by atoms with Crippen molar-refractivity contribution in [1.29, 1.82) is 0 Å². The molecule has 0 N–H and O–H groups in total. The Hall–Kier alpha value is -2.62. The highest BCUT2D eigenvalue weighted by molar-refractivity contribution is 5.90. The number of esters is 1. The Morgan fingerprint density at radius 2 is 1.91 bits per heavy atom. The first-order chi connectivity index (χ1) is 10.7. The van der Waals surface area contributed by atoms with E-state index >= 15 is 0 Å². The van der Waals surface area contributed by atoms with Gasteiger partial charge in [0, 0.05) is 6.20 Å². The highest BCUT2D eigenvalue weighted by atomic mass is 16.5. The summed E-state index contributed by atoms with van der Waals surface area (Å²) in [7, 11) is 1.39. The quantitative estimate of drug-likeness (QED) is 0.694. The summed E-state index contributed by atoms with van der Waals surface area (Å²) in [4.78, 5) is 16.5. The molecule has 0 aliphatic carbocycles. The number of ether oxygens (including phenoxy) is 1. The van der Waals surface area contributed by atoms with Crippen LogP contribution in [0.4, 0.5) is 0 Å². The molecular weight excluding hydrogens is 276 g/mol. The zero-order valence-electron chi connectivity index (χ0n) is 12.7. The summed E-state index contributed by atoms with van der Waals surface area (Å²) in [6.07, 6.45) is 3.68. The largest absolute Gasteiger partial charge is 0.464 e. The number of carbonyl (C=O) groups excluding carboxylic acids is 1. The summed E-state index contributed by atoms with van der Waals surface area (Å²) >= 11 is 0. The number of aryl methyl sites for hydroxylation is 3. The number of hydrogen-bond donors (Lipinski definition) is 0. The van der Waals surface area contributed by atoms with Gasteiger partial charge < -0.3 is 4.74 Å². The molecule has 4 nitrogen and oxygen atoms in total. The van der Waals surface area contributed by atoms with Crippen molar-refractivity contribution >= 4 is 11.6 Å². The lowest BCUT2D eigenvalue weighted by Gasteiger charge is -2.05. The molecule has 0 bridgehead atoms. The molecule has 22 heavy (non-hydrogen) atoms. The SMILES string of the molecule is COC(=O)c1c(C)nc2c(CCc3ccccc3)cccn12. The Bertz CT molecular complexity index is 807. The molecule has 2 aromatic heterocycles. The maximum absolute atomic E-state index is 11.9. The molecular formula is C18H18N2O2. The van der Waals surface area contributed by atoms with Gasteiger partial charge in [0.15, 0.2) is 5.69 Å². The topological polar surface area (TPSA) is 43.6 Å². The highest BCUT2D eigenvalue weighted by Gasteiger charge is 2.18. The fourth-order valence-corrected chi connectivity index (χ4v) is 2.70. The monoisotopic (exact) mass is 294 g/mol. The van der Waals surface area contributed by atoms with E-state index in [1.165, 1.54) is 12.7 Å². The number of aromatic nitrogens is 2. The summed E-state index contributed by atoms with van der Waals surface area (Å²) in [6.45, 7) is 1.83. The number of hydrogen-bond acceptors (Lipinski definition) is 3. The van der Waals surface area contributed by atoms with Gasteiger partial charge in [0.2, 0.25) is 0 Å². The molecule has 0 aliphatic heterocycles. The van der Waals surface area contributed by atoms with Crippen molar-refractivity contribution in [3.8, 4) is 0 Å². The van der Waals surface area contributed by atoms with Crippen molar-refractivity contribution in [3.05, 3.63) is 71.2 Å². The third kappa shape index (κ3) is 2.60. The van der Waals surface area contributed by atoms with Gasteiger partial charge in [-0.25, -0.2) is 9.78 Å². The van der Waals surface area contributed by atoms with E-state index in [1.54, 1.807) is 0 Å². The second-order valence-electron chi connectivity index (χ2n) is 5.25. The maximum Gasteiger partial charge on any atom is 0.356 e. The lowest BCUT2D eigenvalue weighted by Crippen LogP contribution is -2.07. The van der Waals surface area contributed by atoms with Crippen LogP contribution >= 0.6 is 0 Å². The van der Waals surface area contributed by atoms with E-state index < -0.39 is 0 Å². The number of pyridine rings is 1. The van der Waals surface area contributed by atoms with E-state index in [0.29, 0.717) is 11.4 Å². The third-order valence-corrected chi connectivity index (χ3v) is 3.81. The molecule has 4 heteroatoms. The summed E-state index contributed by atoms with van der Waals surface area (Å²) in [5.74, 6) is -0.356. The molecule has 112 valence electrons. The number of imidazole rings is 1. The van der Waals surface area contributed by atoms with E-state index in [4.69, 9.17) is 4.74 Å². The second kappa shape index (κ2) is 6.02. The van der Waals surface area contributed by atoms with Crippen LogP contribution in [0.1, 0.15) is 27.3 Å². The Balaban J connectivity index is 1.96. The summed E-state index contributed by atoms with van der Waals surface area (Å²) in [6, 6.07) is 14.4. The first-order valence-electron chi connectivity index (χ1n) is 7.29. The van der Waals surface area contributed by atoms with Gasteiger partial charge in [-0.3, -0.25) is 4.40 Å². The van der Waals surface area contributed by atoms with Crippen LogP contribution in [0.5, 0.6) is 0 Å². The van der Waals surface area contributed by atoms with Crippen LogP contribution in [0.3, 0.4) is 0 Å². The van der Waals surface area contributed by atoms with E-state index in [2.05, 4.69) is 23.2 Å². The molecule has 0 spiro atoms. The molecule has 2 heterocycles.